The summed E-state index contributed by atoms with van der Waals surface area (Å²) in [6.45, 7) is 0. The normalized spacial score (nSPS) is 9.24. The Labute approximate surface area is 123 Å². The second-order valence-electron chi connectivity index (χ2n) is 3.41. The summed E-state index contributed by atoms with van der Waals surface area (Å²) in [6, 6.07) is 5.60. The molecule has 0 fully saturated rings. The number of carbonyl (C=O) groups is 2. The molecule has 21 heavy (non-hydrogen) atoms. The molecule has 0 spiro atoms. The molecule has 0 bridgehead atoms. The van der Waals surface area contributed by atoms with Gasteiger partial charge in [-0.15, -0.1) is 20.4 Å². The summed E-state index contributed by atoms with van der Waals surface area (Å²) in [7, 11) is 1.68. The molecule has 0 radical (unpaired) electrons. The van der Waals surface area contributed by atoms with Crippen LogP contribution in [0.15, 0.2) is 24.3 Å². The zero-order valence-corrected chi connectivity index (χ0v) is 11.4. The average Bonchev–Trinajstić information content (AvgIpc) is 2.48. The number of nitrogens with zero attached hydrogens (tertiary/aromatic N) is 4. The predicted molar refractivity (Wildman–Crippen MR) is 72.5 cm³/mol. The summed E-state index contributed by atoms with van der Waals surface area (Å²) in [5, 5.41) is 33.3. The number of rotatable bonds is 3. The van der Waals surface area contributed by atoms with E-state index < -0.39 is 11.9 Å². The fourth-order valence-corrected chi connectivity index (χ4v) is 1.11. The fourth-order valence-electron chi connectivity index (χ4n) is 1.01. The molecule has 2 heterocycles. The number of aromatic carboxylic acids is 2. The summed E-state index contributed by atoms with van der Waals surface area (Å²) < 4.78 is 0. The smallest absolute Gasteiger partial charge is 0.356 e. The van der Waals surface area contributed by atoms with E-state index in [1.165, 1.54) is 18.2 Å². The Bertz CT molecular complexity index is 618. The van der Waals surface area contributed by atoms with Gasteiger partial charge in [0.15, 0.2) is 16.5 Å². The average molecular weight is 312 g/mol. The fraction of sp³-hybridized carbons (Fsp3) is 0.0909. The Morgan fingerprint density at radius 3 is 1.81 bits per heavy atom. The summed E-state index contributed by atoms with van der Waals surface area (Å²) in [5.74, 6) is -1.63. The Hall–Kier alpha value is -2.81. The van der Waals surface area contributed by atoms with E-state index in [4.69, 9.17) is 21.8 Å². The molecule has 0 aliphatic rings. The molecule has 2 aromatic rings. The molecular formula is C11H10ClN5O4. The van der Waals surface area contributed by atoms with Crippen LogP contribution in [0.2, 0.25) is 5.15 Å². The number of aromatic nitrogens is 4. The number of carboxylic acids is 2. The van der Waals surface area contributed by atoms with Gasteiger partial charge in [-0.3, -0.25) is 0 Å². The van der Waals surface area contributed by atoms with E-state index in [1.807, 2.05) is 0 Å². The Kier molecular flexibility index (Phi) is 5.96. The van der Waals surface area contributed by atoms with Crippen molar-refractivity contribution in [2.45, 2.75) is 0 Å². The largest absolute Gasteiger partial charge is 0.476 e. The van der Waals surface area contributed by atoms with Gasteiger partial charge in [0.1, 0.15) is 5.82 Å². The van der Waals surface area contributed by atoms with Crippen molar-refractivity contribution < 1.29 is 19.8 Å². The zero-order chi connectivity index (χ0) is 15.8. The molecule has 3 N–H and O–H groups in total. The van der Waals surface area contributed by atoms with E-state index in [0.29, 0.717) is 5.82 Å². The highest BCUT2D eigenvalue weighted by Gasteiger charge is 2.03. The molecular weight excluding hydrogens is 302 g/mol. The lowest BCUT2D eigenvalue weighted by Crippen LogP contribution is -2.03. The van der Waals surface area contributed by atoms with Crippen LogP contribution < -0.4 is 5.32 Å². The first-order valence-corrected chi connectivity index (χ1v) is 5.79. The number of hydrogen-bond donors (Lipinski definition) is 3. The quantitative estimate of drug-likeness (QED) is 0.758. The lowest BCUT2D eigenvalue weighted by Gasteiger charge is -1.95. The van der Waals surface area contributed by atoms with Crippen LogP contribution in [-0.2, 0) is 0 Å². The number of anilines is 1. The topological polar surface area (TPSA) is 138 Å². The number of carboxylic acid groups (broad SMARTS) is 2. The minimum Gasteiger partial charge on any atom is -0.476 e. The second kappa shape index (κ2) is 7.70. The monoisotopic (exact) mass is 311 g/mol. The van der Waals surface area contributed by atoms with Gasteiger partial charge in [-0.1, -0.05) is 11.6 Å². The first kappa shape index (κ1) is 16.2. The molecule has 0 aliphatic heterocycles. The van der Waals surface area contributed by atoms with Gasteiger partial charge in [0.25, 0.3) is 0 Å². The van der Waals surface area contributed by atoms with Crippen LogP contribution in [0, 0.1) is 0 Å². The van der Waals surface area contributed by atoms with Gasteiger partial charge < -0.3 is 15.5 Å². The molecule has 2 rings (SSSR count). The summed E-state index contributed by atoms with van der Waals surface area (Å²) >= 11 is 5.35. The first-order valence-electron chi connectivity index (χ1n) is 5.41. The highest BCUT2D eigenvalue weighted by atomic mass is 35.5. The van der Waals surface area contributed by atoms with Gasteiger partial charge in [0.2, 0.25) is 0 Å². The number of halogens is 1. The lowest BCUT2D eigenvalue weighted by molar-refractivity contribution is 0.0678. The van der Waals surface area contributed by atoms with Crippen LogP contribution >= 0.6 is 11.6 Å². The molecule has 10 heteroatoms. The highest BCUT2D eigenvalue weighted by Crippen LogP contribution is 2.01. The van der Waals surface area contributed by atoms with Crippen molar-refractivity contribution in [3.05, 3.63) is 40.8 Å². The molecule has 0 saturated carbocycles. The molecule has 110 valence electrons. The summed E-state index contributed by atoms with van der Waals surface area (Å²) in [4.78, 5) is 20.4. The van der Waals surface area contributed by atoms with Gasteiger partial charge in [0.05, 0.1) is 0 Å². The number of hydrogen-bond acceptors (Lipinski definition) is 7. The Balaban J connectivity index is 0.000000211. The van der Waals surface area contributed by atoms with Crippen LogP contribution in [0.25, 0.3) is 0 Å². The molecule has 0 unspecified atom stereocenters. The molecule has 0 aliphatic carbocycles. The third kappa shape index (κ3) is 5.37. The highest BCUT2D eigenvalue weighted by molar-refractivity contribution is 6.29. The Morgan fingerprint density at radius 1 is 0.952 bits per heavy atom. The van der Waals surface area contributed by atoms with Gasteiger partial charge in [0, 0.05) is 7.05 Å². The second-order valence-corrected chi connectivity index (χ2v) is 3.79. The third-order valence-electron chi connectivity index (χ3n) is 1.99. The minimum absolute atomic E-state index is 0.0519. The van der Waals surface area contributed by atoms with E-state index in [2.05, 4.69) is 25.7 Å². The van der Waals surface area contributed by atoms with E-state index in [0.717, 1.165) is 0 Å². The van der Waals surface area contributed by atoms with Crippen LogP contribution in [0.5, 0.6) is 0 Å². The van der Waals surface area contributed by atoms with Crippen molar-refractivity contribution in [3.63, 3.8) is 0 Å². The van der Waals surface area contributed by atoms with Crippen molar-refractivity contribution in [2.75, 3.05) is 12.4 Å². The van der Waals surface area contributed by atoms with E-state index >= 15 is 0 Å². The zero-order valence-electron chi connectivity index (χ0n) is 10.7. The molecule has 9 nitrogen and oxygen atoms in total. The molecule has 0 amide bonds. The van der Waals surface area contributed by atoms with Crippen LogP contribution in [0.1, 0.15) is 21.0 Å². The third-order valence-corrected chi connectivity index (χ3v) is 2.19. The Morgan fingerprint density at radius 2 is 1.48 bits per heavy atom. The summed E-state index contributed by atoms with van der Waals surface area (Å²) in [6.07, 6.45) is 0. The van der Waals surface area contributed by atoms with Gasteiger partial charge in [-0.05, 0) is 24.3 Å². The lowest BCUT2D eigenvalue weighted by atomic mass is 10.4. The maximum atomic E-state index is 10.3. The standard InChI is InChI=1S/C6H7N3O2.C5H3ClN2O2/c1-7-5-3-2-4(6(10)11)8-9-5;6-4-2-1-3(5(9)10)7-8-4/h2-3H,1H3,(H,7,9)(H,10,11);1-2H,(H,9,10). The van der Waals surface area contributed by atoms with Crippen molar-refractivity contribution in [3.8, 4) is 0 Å². The minimum atomic E-state index is -1.11. The maximum absolute atomic E-state index is 10.3. The molecule has 2 aromatic heterocycles. The molecule has 0 aromatic carbocycles. The van der Waals surface area contributed by atoms with Gasteiger partial charge >= 0.3 is 11.9 Å². The van der Waals surface area contributed by atoms with Crippen molar-refractivity contribution in [1.29, 1.82) is 0 Å². The summed E-state index contributed by atoms with van der Waals surface area (Å²) in [5.41, 5.74) is -0.159. The van der Waals surface area contributed by atoms with Crippen molar-refractivity contribution >= 4 is 29.4 Å². The van der Waals surface area contributed by atoms with E-state index in [-0.39, 0.29) is 16.5 Å². The van der Waals surface area contributed by atoms with Crippen LogP contribution in [0.3, 0.4) is 0 Å². The SMILES string of the molecule is CNc1ccc(C(=O)O)nn1.O=C(O)c1ccc(Cl)nn1. The van der Waals surface area contributed by atoms with Gasteiger partial charge in [-0.25, -0.2) is 9.59 Å². The van der Waals surface area contributed by atoms with E-state index in [1.54, 1.807) is 13.1 Å². The number of nitrogens with one attached hydrogen (secondary N) is 1. The molecule has 0 atom stereocenters. The van der Waals surface area contributed by atoms with Crippen molar-refractivity contribution in [1.82, 2.24) is 20.4 Å². The predicted octanol–water partition coefficient (Wildman–Crippen LogP) is 1.04. The van der Waals surface area contributed by atoms with E-state index in [9.17, 15) is 9.59 Å². The van der Waals surface area contributed by atoms with Gasteiger partial charge in [-0.2, -0.15) is 0 Å². The molecule has 0 saturated heterocycles. The van der Waals surface area contributed by atoms with Crippen LogP contribution in [0.4, 0.5) is 5.82 Å². The first-order chi connectivity index (χ1) is 9.93. The van der Waals surface area contributed by atoms with Crippen LogP contribution in [-0.4, -0.2) is 49.6 Å². The maximum Gasteiger partial charge on any atom is 0.356 e. The van der Waals surface area contributed by atoms with Crippen molar-refractivity contribution in [2.24, 2.45) is 0 Å².